The molecule has 328 valence electrons. The van der Waals surface area contributed by atoms with E-state index in [1.807, 2.05) is 167 Å². The van der Waals surface area contributed by atoms with Crippen LogP contribution in [-0.2, 0) is 6.18 Å². The van der Waals surface area contributed by atoms with E-state index in [-0.39, 0.29) is 11.1 Å². The molecular weight excluding hydrogens is 860 g/mol. The molecule has 69 heavy (non-hydrogen) atoms. The Morgan fingerprint density at radius 1 is 0.406 bits per heavy atom. The van der Waals surface area contributed by atoms with Gasteiger partial charge in [-0.15, -0.1) is 0 Å². The van der Waals surface area contributed by atoms with Gasteiger partial charge in [0.2, 0.25) is 0 Å². The van der Waals surface area contributed by atoms with Gasteiger partial charge in [0.25, 0.3) is 0 Å². The lowest BCUT2D eigenvalue weighted by atomic mass is 9.92. The number of alkyl halides is 3. The highest BCUT2D eigenvalue weighted by atomic mass is 19.4. The van der Waals surface area contributed by atoms with Crippen LogP contribution >= 0.6 is 0 Å². The van der Waals surface area contributed by atoms with Crippen LogP contribution in [0.1, 0.15) is 16.7 Å². The molecule has 0 aliphatic carbocycles. The van der Waals surface area contributed by atoms with Crippen molar-refractivity contribution in [1.82, 2.24) is 19.1 Å². The van der Waals surface area contributed by atoms with E-state index in [1.165, 1.54) is 6.07 Å². The third-order valence-electron chi connectivity index (χ3n) is 13.1. The van der Waals surface area contributed by atoms with Crippen molar-refractivity contribution in [3.63, 3.8) is 0 Å². The van der Waals surface area contributed by atoms with Crippen LogP contribution in [0.15, 0.2) is 212 Å². The highest BCUT2D eigenvalue weighted by Crippen LogP contribution is 2.45. The number of pyridine rings is 2. The average Bonchev–Trinajstić information content (AvgIpc) is 3.90. The Balaban J connectivity index is 1.17. The van der Waals surface area contributed by atoms with Gasteiger partial charge >= 0.3 is 6.18 Å². The third-order valence-corrected chi connectivity index (χ3v) is 13.1. The van der Waals surface area contributed by atoms with Gasteiger partial charge in [-0.05, 0) is 90.3 Å². The van der Waals surface area contributed by atoms with E-state index in [4.69, 9.17) is 9.97 Å². The Morgan fingerprint density at radius 2 is 0.826 bits per heavy atom. The summed E-state index contributed by atoms with van der Waals surface area (Å²) < 4.78 is 49.8. The lowest BCUT2D eigenvalue weighted by molar-refractivity contribution is -0.137. The smallest absolute Gasteiger partial charge is 0.308 e. The lowest BCUT2D eigenvalue weighted by Gasteiger charge is -2.21. The van der Waals surface area contributed by atoms with Crippen LogP contribution < -0.4 is 0 Å². The summed E-state index contributed by atoms with van der Waals surface area (Å²) in [5.74, 6) is 0. The number of rotatable bonds is 7. The summed E-state index contributed by atoms with van der Waals surface area (Å²) in [5.41, 5.74) is 11.2. The second-order valence-electron chi connectivity index (χ2n) is 17.2. The molecule has 0 fully saturated rings. The molecule has 0 aliphatic rings. The minimum Gasteiger partial charge on any atom is -0.308 e. The number of benzene rings is 8. The summed E-state index contributed by atoms with van der Waals surface area (Å²) >= 11 is 0. The summed E-state index contributed by atoms with van der Waals surface area (Å²) in [5, 5.41) is 15.4. The number of halogens is 3. The average molecular weight is 898 g/mol. The van der Waals surface area contributed by atoms with Gasteiger partial charge in [0.05, 0.1) is 61.8 Å². The van der Waals surface area contributed by atoms with E-state index in [0.717, 1.165) is 94.7 Å². The molecule has 0 N–H and O–H groups in total. The van der Waals surface area contributed by atoms with Crippen molar-refractivity contribution in [2.45, 2.75) is 13.1 Å². The number of hydrogen-bond acceptors (Lipinski definition) is 3. The Hall–Kier alpha value is -9.06. The molecule has 4 aromatic heterocycles. The zero-order chi connectivity index (χ0) is 46.8. The van der Waals surface area contributed by atoms with Gasteiger partial charge in [0.1, 0.15) is 11.6 Å². The Labute approximate surface area is 395 Å². The molecule has 4 heterocycles. The Morgan fingerprint density at radius 3 is 1.29 bits per heavy atom. The lowest BCUT2D eigenvalue weighted by Crippen LogP contribution is -2.10. The van der Waals surface area contributed by atoms with Crippen molar-refractivity contribution < 1.29 is 13.2 Å². The standard InChI is InChI=1S/C61H38F3N5/c1-38-15-12-22-49(61(62,63)64)60(38)43-35-58(68-54-27-10-8-20-44(54)46-31-29-41(33-56(46)68)52-25-13-23-50(66-52)39-16-4-2-5-17-39)48(37-65)59(36-43)69-55-28-11-9-21-45(55)47-32-30-42(34-57(47)69)53-26-14-24-51(67-53)40-18-6-3-7-19-40/h2-36H,1H3. The largest absolute Gasteiger partial charge is 0.417 e. The van der Waals surface area contributed by atoms with Crippen molar-refractivity contribution in [3.05, 3.63) is 229 Å². The first kappa shape index (κ1) is 41.4. The molecule has 8 aromatic carbocycles. The molecule has 0 radical (unpaired) electrons. The summed E-state index contributed by atoms with van der Waals surface area (Å²) in [6.07, 6.45) is -4.67. The van der Waals surface area contributed by atoms with Gasteiger partial charge in [0, 0.05) is 43.8 Å². The van der Waals surface area contributed by atoms with E-state index in [9.17, 15) is 5.26 Å². The van der Waals surface area contributed by atoms with E-state index < -0.39 is 11.7 Å². The molecule has 0 saturated carbocycles. The molecule has 12 aromatic rings. The predicted octanol–water partition coefficient (Wildman–Crippen LogP) is 16.2. The number of nitrogens with zero attached hydrogens (tertiary/aromatic N) is 5. The fraction of sp³-hybridized carbons (Fsp3) is 0.0328. The molecule has 8 heteroatoms. The van der Waals surface area contributed by atoms with Crippen molar-refractivity contribution in [2.75, 3.05) is 0 Å². The maximum absolute atomic E-state index is 15.3. The van der Waals surface area contributed by atoms with Crippen molar-refractivity contribution >= 4 is 43.6 Å². The van der Waals surface area contributed by atoms with Crippen molar-refractivity contribution in [2.24, 2.45) is 0 Å². The first-order valence-corrected chi connectivity index (χ1v) is 22.6. The Kier molecular flexibility index (Phi) is 9.82. The van der Waals surface area contributed by atoms with Crippen LogP contribution in [-0.4, -0.2) is 19.1 Å². The normalized spacial score (nSPS) is 11.8. The highest BCUT2D eigenvalue weighted by molar-refractivity contribution is 6.12. The second kappa shape index (κ2) is 16.4. The molecule has 0 bridgehead atoms. The SMILES string of the molecule is Cc1cccc(C(F)(F)F)c1-c1cc(-n2c3ccccc3c3ccc(-c4cccc(-c5ccccc5)n4)cc32)c(C#N)c(-n2c3ccccc3c3ccc(-c4cccc(-c5ccccc5)n4)cc32)c1. The number of aryl methyl sites for hydroxylation is 1. The van der Waals surface area contributed by atoms with Crippen LogP contribution in [0.5, 0.6) is 0 Å². The number of aromatic nitrogens is 4. The minimum atomic E-state index is -4.67. The molecule has 0 amide bonds. The van der Waals surface area contributed by atoms with Crippen LogP contribution in [0, 0.1) is 18.3 Å². The monoisotopic (exact) mass is 897 g/mol. The van der Waals surface area contributed by atoms with Gasteiger partial charge in [-0.1, -0.05) is 146 Å². The maximum atomic E-state index is 15.3. The molecule has 0 saturated heterocycles. The fourth-order valence-electron chi connectivity index (χ4n) is 10.0. The summed E-state index contributed by atoms with van der Waals surface area (Å²) in [6, 6.07) is 70.5. The fourth-order valence-corrected chi connectivity index (χ4v) is 10.0. The number of hydrogen-bond donors (Lipinski definition) is 0. The summed E-state index contributed by atoms with van der Waals surface area (Å²) in [7, 11) is 0. The van der Waals surface area contributed by atoms with Crippen molar-refractivity contribution in [3.8, 4) is 73.6 Å². The molecule has 0 aliphatic heterocycles. The summed E-state index contributed by atoms with van der Waals surface area (Å²) in [4.78, 5) is 10.2. The zero-order valence-corrected chi connectivity index (χ0v) is 37.1. The Bertz CT molecular complexity index is 3810. The molecular formula is C61H38F3N5. The highest BCUT2D eigenvalue weighted by Gasteiger charge is 2.35. The topological polar surface area (TPSA) is 59.4 Å². The van der Waals surface area contributed by atoms with Gasteiger partial charge in [-0.25, -0.2) is 9.97 Å². The van der Waals surface area contributed by atoms with Crippen LogP contribution in [0.4, 0.5) is 13.2 Å². The maximum Gasteiger partial charge on any atom is 0.417 e. The van der Waals surface area contributed by atoms with Crippen LogP contribution in [0.3, 0.4) is 0 Å². The van der Waals surface area contributed by atoms with Gasteiger partial charge in [-0.3, -0.25) is 0 Å². The van der Waals surface area contributed by atoms with E-state index in [1.54, 1.807) is 25.1 Å². The van der Waals surface area contributed by atoms with Gasteiger partial charge in [0.15, 0.2) is 0 Å². The molecule has 0 atom stereocenters. The van der Waals surface area contributed by atoms with E-state index >= 15 is 13.2 Å². The van der Waals surface area contributed by atoms with Gasteiger partial charge in [-0.2, -0.15) is 18.4 Å². The third kappa shape index (κ3) is 7.02. The number of para-hydroxylation sites is 2. The first-order valence-electron chi connectivity index (χ1n) is 22.6. The quantitative estimate of drug-likeness (QED) is 0.160. The molecule has 0 unspecified atom stereocenters. The van der Waals surface area contributed by atoms with E-state index in [2.05, 4.69) is 30.3 Å². The molecule has 5 nitrogen and oxygen atoms in total. The van der Waals surface area contributed by atoms with Crippen LogP contribution in [0.25, 0.3) is 111 Å². The summed E-state index contributed by atoms with van der Waals surface area (Å²) in [6.45, 7) is 1.70. The van der Waals surface area contributed by atoms with Crippen molar-refractivity contribution in [1.29, 1.82) is 5.26 Å². The van der Waals surface area contributed by atoms with Crippen LogP contribution in [0.2, 0.25) is 0 Å². The minimum absolute atomic E-state index is 0.0451. The first-order chi connectivity index (χ1) is 33.7. The number of nitriles is 1. The van der Waals surface area contributed by atoms with Gasteiger partial charge < -0.3 is 9.13 Å². The molecule has 0 spiro atoms. The predicted molar refractivity (Wildman–Crippen MR) is 272 cm³/mol. The number of fused-ring (bicyclic) bond motifs is 6. The van der Waals surface area contributed by atoms with E-state index in [0.29, 0.717) is 22.5 Å². The zero-order valence-electron chi connectivity index (χ0n) is 37.1. The molecule has 12 rings (SSSR count). The second-order valence-corrected chi connectivity index (χ2v) is 17.2.